The first kappa shape index (κ1) is 14.2. The van der Waals surface area contributed by atoms with Crippen LogP contribution in [0.15, 0.2) is 12.1 Å². The molecule has 0 saturated heterocycles. The predicted octanol–water partition coefficient (Wildman–Crippen LogP) is 2.70. The van der Waals surface area contributed by atoms with Crippen molar-refractivity contribution in [3.05, 3.63) is 34.4 Å². The number of hydrogen-bond acceptors (Lipinski definition) is 2. The molecule has 0 heterocycles. The molecule has 2 heteroatoms. The van der Waals surface area contributed by atoms with Gasteiger partial charge in [0.25, 0.3) is 0 Å². The fourth-order valence-electron chi connectivity index (χ4n) is 2.32. The van der Waals surface area contributed by atoms with E-state index in [1.807, 2.05) is 7.05 Å². The maximum absolute atomic E-state index is 3.61. The minimum atomic E-state index is 0.124. The van der Waals surface area contributed by atoms with Crippen LogP contribution in [0, 0.1) is 20.8 Å². The van der Waals surface area contributed by atoms with E-state index in [0.717, 1.165) is 13.1 Å². The van der Waals surface area contributed by atoms with Crippen LogP contribution in [0.3, 0.4) is 0 Å². The Hall–Kier alpha value is -0.860. The summed E-state index contributed by atoms with van der Waals surface area (Å²) in [5.74, 6) is 0. The Morgan fingerprint density at radius 1 is 1.06 bits per heavy atom. The van der Waals surface area contributed by atoms with Gasteiger partial charge in [-0.3, -0.25) is 0 Å². The minimum absolute atomic E-state index is 0.124. The summed E-state index contributed by atoms with van der Waals surface area (Å²) < 4.78 is 0. The number of aryl methyl sites for hydroxylation is 3. The monoisotopic (exact) mass is 234 g/mol. The van der Waals surface area contributed by atoms with Crippen molar-refractivity contribution in [1.29, 1.82) is 0 Å². The Labute approximate surface area is 106 Å². The van der Waals surface area contributed by atoms with Crippen LogP contribution in [0.2, 0.25) is 0 Å². The van der Waals surface area contributed by atoms with Gasteiger partial charge in [-0.1, -0.05) is 17.7 Å². The highest BCUT2D eigenvalue weighted by molar-refractivity contribution is 5.37. The van der Waals surface area contributed by atoms with Crippen LogP contribution in [0.25, 0.3) is 0 Å². The van der Waals surface area contributed by atoms with E-state index < -0.39 is 0 Å². The molecule has 1 aromatic rings. The second-order valence-corrected chi connectivity index (χ2v) is 5.65. The van der Waals surface area contributed by atoms with Crippen molar-refractivity contribution < 1.29 is 0 Å². The van der Waals surface area contributed by atoms with Crippen LogP contribution in [0.4, 0.5) is 0 Å². The average Bonchev–Trinajstić information content (AvgIpc) is 2.15. The van der Waals surface area contributed by atoms with Gasteiger partial charge in [-0.05, 0) is 58.4 Å². The van der Waals surface area contributed by atoms with Crippen molar-refractivity contribution in [1.82, 2.24) is 10.6 Å². The lowest BCUT2D eigenvalue weighted by molar-refractivity contribution is 0.373. The third-order valence-corrected chi connectivity index (χ3v) is 3.20. The molecule has 96 valence electrons. The van der Waals surface area contributed by atoms with E-state index in [1.54, 1.807) is 0 Å². The van der Waals surface area contributed by atoms with Gasteiger partial charge in [0.1, 0.15) is 0 Å². The first-order valence-electron chi connectivity index (χ1n) is 6.32. The summed E-state index contributed by atoms with van der Waals surface area (Å²) in [6.07, 6.45) is 0. The lowest BCUT2D eigenvalue weighted by Gasteiger charge is -2.27. The first-order valence-corrected chi connectivity index (χ1v) is 6.32. The fourth-order valence-corrected chi connectivity index (χ4v) is 2.32. The molecule has 0 fully saturated rings. The predicted molar refractivity (Wildman–Crippen MR) is 75.5 cm³/mol. The summed E-state index contributed by atoms with van der Waals surface area (Å²) in [4.78, 5) is 0. The van der Waals surface area contributed by atoms with E-state index in [9.17, 15) is 0 Å². The van der Waals surface area contributed by atoms with Crippen molar-refractivity contribution >= 4 is 0 Å². The first-order chi connectivity index (χ1) is 7.85. The summed E-state index contributed by atoms with van der Waals surface area (Å²) >= 11 is 0. The molecule has 0 aliphatic carbocycles. The van der Waals surface area contributed by atoms with Crippen molar-refractivity contribution in [3.8, 4) is 0 Å². The highest BCUT2D eigenvalue weighted by atomic mass is 15.0. The number of benzene rings is 1. The van der Waals surface area contributed by atoms with Crippen LogP contribution in [-0.2, 0) is 6.54 Å². The number of likely N-dealkylation sites (N-methyl/N-ethyl adjacent to an activating group) is 1. The maximum Gasteiger partial charge on any atom is 0.0252 e. The Bertz CT molecular complexity index is 358. The number of hydrogen-bond donors (Lipinski definition) is 2. The van der Waals surface area contributed by atoms with Gasteiger partial charge in [0, 0.05) is 18.6 Å². The molecular formula is C15H26N2. The smallest absolute Gasteiger partial charge is 0.0252 e. The topological polar surface area (TPSA) is 24.1 Å². The van der Waals surface area contributed by atoms with Crippen molar-refractivity contribution in [3.63, 3.8) is 0 Å². The lowest BCUT2D eigenvalue weighted by atomic mass is 9.98. The summed E-state index contributed by atoms with van der Waals surface area (Å²) in [7, 11) is 1.99. The summed E-state index contributed by atoms with van der Waals surface area (Å²) in [5, 5.41) is 6.83. The van der Waals surface area contributed by atoms with Crippen LogP contribution >= 0.6 is 0 Å². The van der Waals surface area contributed by atoms with Crippen LogP contribution in [-0.4, -0.2) is 19.1 Å². The molecule has 0 saturated carbocycles. The van der Waals surface area contributed by atoms with Gasteiger partial charge in [0.2, 0.25) is 0 Å². The summed E-state index contributed by atoms with van der Waals surface area (Å²) in [5.41, 5.74) is 5.67. The Kier molecular flexibility index (Phi) is 4.72. The SMILES string of the molecule is CNCC(C)(C)NCc1c(C)cc(C)cc1C. The second-order valence-electron chi connectivity index (χ2n) is 5.65. The quantitative estimate of drug-likeness (QED) is 0.818. The normalized spacial score (nSPS) is 11.9. The van der Waals surface area contributed by atoms with Gasteiger partial charge in [0.15, 0.2) is 0 Å². The summed E-state index contributed by atoms with van der Waals surface area (Å²) in [6, 6.07) is 4.52. The molecule has 1 aromatic carbocycles. The third kappa shape index (κ3) is 4.14. The third-order valence-electron chi connectivity index (χ3n) is 3.20. The molecule has 0 aliphatic rings. The molecule has 0 atom stereocenters. The van der Waals surface area contributed by atoms with E-state index in [0.29, 0.717) is 0 Å². The highest BCUT2D eigenvalue weighted by Gasteiger charge is 2.16. The van der Waals surface area contributed by atoms with Crippen LogP contribution < -0.4 is 10.6 Å². The van der Waals surface area contributed by atoms with Gasteiger partial charge < -0.3 is 10.6 Å². The molecule has 0 spiro atoms. The number of rotatable bonds is 5. The molecule has 2 nitrogen and oxygen atoms in total. The Morgan fingerprint density at radius 3 is 2.06 bits per heavy atom. The zero-order valence-corrected chi connectivity index (χ0v) is 12.1. The molecule has 1 rings (SSSR count). The zero-order chi connectivity index (χ0) is 13.1. The van der Waals surface area contributed by atoms with Crippen LogP contribution in [0.5, 0.6) is 0 Å². The molecule has 0 amide bonds. The van der Waals surface area contributed by atoms with Crippen molar-refractivity contribution in [2.24, 2.45) is 0 Å². The van der Waals surface area contributed by atoms with Gasteiger partial charge in [0.05, 0.1) is 0 Å². The molecule has 2 N–H and O–H groups in total. The fraction of sp³-hybridized carbons (Fsp3) is 0.600. The van der Waals surface area contributed by atoms with Gasteiger partial charge in [-0.25, -0.2) is 0 Å². The molecule has 17 heavy (non-hydrogen) atoms. The molecular weight excluding hydrogens is 208 g/mol. The minimum Gasteiger partial charge on any atom is -0.318 e. The van der Waals surface area contributed by atoms with Crippen molar-refractivity contribution in [2.75, 3.05) is 13.6 Å². The lowest BCUT2D eigenvalue weighted by Crippen LogP contribution is -2.46. The second kappa shape index (κ2) is 5.65. The number of nitrogens with one attached hydrogen (secondary N) is 2. The molecule has 0 bridgehead atoms. The molecule has 0 radical (unpaired) electrons. The summed E-state index contributed by atoms with van der Waals surface area (Å²) in [6.45, 7) is 12.9. The standard InChI is InChI=1S/C15H26N2/c1-11-7-12(2)14(13(3)8-11)9-17-15(4,5)10-16-6/h7-8,16-17H,9-10H2,1-6H3. The maximum atomic E-state index is 3.61. The van der Waals surface area contributed by atoms with Gasteiger partial charge in [-0.15, -0.1) is 0 Å². The van der Waals surface area contributed by atoms with E-state index in [1.165, 1.54) is 22.3 Å². The van der Waals surface area contributed by atoms with E-state index in [2.05, 4.69) is 57.4 Å². The zero-order valence-electron chi connectivity index (χ0n) is 12.1. The average molecular weight is 234 g/mol. The molecule has 0 aromatic heterocycles. The molecule has 0 aliphatic heterocycles. The van der Waals surface area contributed by atoms with Crippen LogP contribution in [0.1, 0.15) is 36.1 Å². The van der Waals surface area contributed by atoms with E-state index >= 15 is 0 Å². The van der Waals surface area contributed by atoms with Gasteiger partial charge >= 0.3 is 0 Å². The van der Waals surface area contributed by atoms with Crippen molar-refractivity contribution in [2.45, 2.75) is 46.7 Å². The largest absolute Gasteiger partial charge is 0.318 e. The Balaban J connectivity index is 2.76. The van der Waals surface area contributed by atoms with E-state index in [4.69, 9.17) is 0 Å². The Morgan fingerprint density at radius 2 is 1.59 bits per heavy atom. The molecule has 0 unspecified atom stereocenters. The van der Waals surface area contributed by atoms with E-state index in [-0.39, 0.29) is 5.54 Å². The highest BCUT2D eigenvalue weighted by Crippen LogP contribution is 2.17. The van der Waals surface area contributed by atoms with Gasteiger partial charge in [-0.2, -0.15) is 0 Å².